The Bertz CT molecular complexity index is 670. The fourth-order valence-corrected chi connectivity index (χ4v) is 2.64. The van der Waals surface area contributed by atoms with Gasteiger partial charge in [0, 0.05) is 21.7 Å². The lowest BCUT2D eigenvalue weighted by Gasteiger charge is -2.12. The van der Waals surface area contributed by atoms with Gasteiger partial charge in [0.1, 0.15) is 0 Å². The lowest BCUT2D eigenvalue weighted by Crippen LogP contribution is -2.12. The van der Waals surface area contributed by atoms with E-state index in [2.05, 4.69) is 0 Å². The second kappa shape index (κ2) is 5.59. The maximum atomic E-state index is 11.5. The van der Waals surface area contributed by atoms with Crippen molar-refractivity contribution in [2.45, 2.75) is 0 Å². The number of hydrogen-bond donors (Lipinski definition) is 1. The van der Waals surface area contributed by atoms with Gasteiger partial charge >= 0.3 is 0 Å². The van der Waals surface area contributed by atoms with Gasteiger partial charge in [-0.25, -0.2) is 0 Å². The number of hydrogen-bond acceptors (Lipinski definition) is 1. The molecule has 1 amide bonds. The first-order valence-corrected chi connectivity index (χ1v) is 6.66. The molecular formula is C13H7Cl4NO. The van der Waals surface area contributed by atoms with Crippen molar-refractivity contribution in [1.29, 1.82) is 0 Å². The summed E-state index contributed by atoms with van der Waals surface area (Å²) >= 11 is 24.1. The van der Waals surface area contributed by atoms with E-state index in [4.69, 9.17) is 52.1 Å². The zero-order valence-electron chi connectivity index (χ0n) is 9.38. The Labute approximate surface area is 130 Å². The number of benzene rings is 2. The van der Waals surface area contributed by atoms with Crippen LogP contribution >= 0.6 is 46.4 Å². The SMILES string of the molecule is NC(=O)c1cccc(Cl)c1-c1cc(Cl)c(Cl)cc1Cl. The van der Waals surface area contributed by atoms with Gasteiger partial charge in [-0.1, -0.05) is 52.5 Å². The Balaban J connectivity index is 2.79. The normalized spacial score (nSPS) is 10.5. The molecule has 2 nitrogen and oxygen atoms in total. The summed E-state index contributed by atoms with van der Waals surface area (Å²) in [6.07, 6.45) is 0. The van der Waals surface area contributed by atoms with E-state index in [-0.39, 0.29) is 5.56 Å². The quantitative estimate of drug-likeness (QED) is 0.766. The Kier molecular flexibility index (Phi) is 4.26. The fourth-order valence-electron chi connectivity index (χ4n) is 1.72. The molecule has 0 saturated heterocycles. The smallest absolute Gasteiger partial charge is 0.249 e. The minimum Gasteiger partial charge on any atom is -0.366 e. The minimum atomic E-state index is -0.598. The van der Waals surface area contributed by atoms with Crippen molar-refractivity contribution in [3.05, 3.63) is 56.0 Å². The summed E-state index contributed by atoms with van der Waals surface area (Å²) in [5.74, 6) is -0.598. The van der Waals surface area contributed by atoms with Crippen LogP contribution in [0.1, 0.15) is 10.4 Å². The number of carbonyl (C=O) groups excluding carboxylic acids is 1. The topological polar surface area (TPSA) is 43.1 Å². The van der Waals surface area contributed by atoms with E-state index in [1.807, 2.05) is 0 Å². The molecule has 0 aliphatic heterocycles. The number of carbonyl (C=O) groups is 1. The van der Waals surface area contributed by atoms with Crippen molar-refractivity contribution in [2.75, 3.05) is 0 Å². The van der Waals surface area contributed by atoms with E-state index in [9.17, 15) is 4.79 Å². The highest BCUT2D eigenvalue weighted by Gasteiger charge is 2.17. The zero-order valence-corrected chi connectivity index (χ0v) is 12.4. The molecule has 2 N–H and O–H groups in total. The van der Waals surface area contributed by atoms with Gasteiger partial charge in [-0.05, 0) is 24.3 Å². The third kappa shape index (κ3) is 2.82. The third-order valence-corrected chi connectivity index (χ3v) is 3.91. The third-order valence-electron chi connectivity index (χ3n) is 2.56. The first-order valence-electron chi connectivity index (χ1n) is 5.15. The first-order chi connectivity index (χ1) is 8.91. The van der Waals surface area contributed by atoms with Gasteiger partial charge in [0.05, 0.1) is 15.1 Å². The van der Waals surface area contributed by atoms with Gasteiger partial charge in [0.15, 0.2) is 0 Å². The predicted molar refractivity (Wildman–Crippen MR) is 80.4 cm³/mol. The van der Waals surface area contributed by atoms with Gasteiger partial charge < -0.3 is 5.73 Å². The second-order valence-corrected chi connectivity index (χ2v) is 5.40. The van der Waals surface area contributed by atoms with Crippen LogP contribution in [-0.4, -0.2) is 5.91 Å². The molecule has 0 atom stereocenters. The summed E-state index contributed by atoms with van der Waals surface area (Å²) in [5, 5.41) is 1.33. The molecule has 0 heterocycles. The van der Waals surface area contributed by atoms with Gasteiger partial charge in [0.25, 0.3) is 0 Å². The van der Waals surface area contributed by atoms with Crippen molar-refractivity contribution in [2.24, 2.45) is 5.73 Å². The molecule has 0 bridgehead atoms. The fraction of sp³-hybridized carbons (Fsp3) is 0. The van der Waals surface area contributed by atoms with Crippen LogP contribution < -0.4 is 5.73 Å². The molecule has 2 aromatic rings. The number of primary amides is 1. The second-order valence-electron chi connectivity index (χ2n) is 3.77. The van der Waals surface area contributed by atoms with E-state index in [0.717, 1.165) is 0 Å². The number of rotatable bonds is 2. The molecule has 98 valence electrons. The van der Waals surface area contributed by atoms with Gasteiger partial charge in [-0.2, -0.15) is 0 Å². The molecule has 6 heteroatoms. The molecule has 19 heavy (non-hydrogen) atoms. The molecule has 0 aromatic heterocycles. The van der Waals surface area contributed by atoms with Crippen LogP contribution in [0, 0.1) is 0 Å². The Morgan fingerprint density at radius 3 is 2.16 bits per heavy atom. The van der Waals surface area contributed by atoms with E-state index >= 15 is 0 Å². The lowest BCUT2D eigenvalue weighted by atomic mass is 9.99. The van der Waals surface area contributed by atoms with E-state index in [0.29, 0.717) is 31.2 Å². The largest absolute Gasteiger partial charge is 0.366 e. The summed E-state index contributed by atoms with van der Waals surface area (Å²) in [7, 11) is 0. The molecule has 0 spiro atoms. The maximum absolute atomic E-state index is 11.5. The number of halogens is 4. The van der Waals surface area contributed by atoms with Crippen LogP contribution in [0.25, 0.3) is 11.1 Å². The standard InChI is InChI=1S/C13H7Cl4NO/c14-8-3-1-2-6(13(18)19)12(8)7-4-10(16)11(17)5-9(7)15/h1-5H,(H2,18,19). The van der Waals surface area contributed by atoms with E-state index < -0.39 is 5.91 Å². The highest BCUT2D eigenvalue weighted by molar-refractivity contribution is 6.44. The van der Waals surface area contributed by atoms with Crippen molar-refractivity contribution < 1.29 is 4.79 Å². The molecule has 0 unspecified atom stereocenters. The minimum absolute atomic E-state index is 0.271. The maximum Gasteiger partial charge on any atom is 0.249 e. The number of nitrogens with two attached hydrogens (primary N) is 1. The van der Waals surface area contributed by atoms with Crippen LogP contribution in [-0.2, 0) is 0 Å². The Morgan fingerprint density at radius 1 is 0.895 bits per heavy atom. The molecule has 0 aliphatic rings. The molecule has 2 aromatic carbocycles. The summed E-state index contributed by atoms with van der Waals surface area (Å²) in [6, 6.07) is 7.90. The molecule has 0 aliphatic carbocycles. The van der Waals surface area contributed by atoms with Crippen LogP contribution in [0.3, 0.4) is 0 Å². The highest BCUT2D eigenvalue weighted by Crippen LogP contribution is 2.39. The number of amides is 1. The average Bonchev–Trinajstić information content (AvgIpc) is 2.34. The molecular weight excluding hydrogens is 328 g/mol. The first kappa shape index (κ1) is 14.5. The molecule has 0 fully saturated rings. The van der Waals surface area contributed by atoms with Gasteiger partial charge in [-0.15, -0.1) is 0 Å². The highest BCUT2D eigenvalue weighted by atomic mass is 35.5. The zero-order chi connectivity index (χ0) is 14.2. The van der Waals surface area contributed by atoms with E-state index in [1.54, 1.807) is 24.3 Å². The average molecular weight is 335 g/mol. The van der Waals surface area contributed by atoms with Crippen molar-refractivity contribution in [3.8, 4) is 11.1 Å². The Morgan fingerprint density at radius 2 is 1.53 bits per heavy atom. The summed E-state index contributed by atoms with van der Waals surface area (Å²) in [4.78, 5) is 11.5. The van der Waals surface area contributed by atoms with Gasteiger partial charge in [-0.3, -0.25) is 4.79 Å². The van der Waals surface area contributed by atoms with Crippen LogP contribution in [0.4, 0.5) is 0 Å². The van der Waals surface area contributed by atoms with Crippen molar-refractivity contribution in [1.82, 2.24) is 0 Å². The van der Waals surface area contributed by atoms with Crippen molar-refractivity contribution in [3.63, 3.8) is 0 Å². The van der Waals surface area contributed by atoms with Crippen LogP contribution in [0.2, 0.25) is 20.1 Å². The van der Waals surface area contributed by atoms with Crippen LogP contribution in [0.15, 0.2) is 30.3 Å². The van der Waals surface area contributed by atoms with Gasteiger partial charge in [0.2, 0.25) is 5.91 Å². The lowest BCUT2D eigenvalue weighted by molar-refractivity contribution is 0.100. The van der Waals surface area contributed by atoms with Crippen molar-refractivity contribution >= 4 is 52.3 Å². The molecule has 2 rings (SSSR count). The monoisotopic (exact) mass is 333 g/mol. The summed E-state index contributed by atoms with van der Waals surface area (Å²) < 4.78 is 0. The predicted octanol–water partition coefficient (Wildman–Crippen LogP) is 5.07. The summed E-state index contributed by atoms with van der Waals surface area (Å²) in [5.41, 5.74) is 6.56. The Hall–Kier alpha value is -0.930. The molecule has 0 radical (unpaired) electrons. The van der Waals surface area contributed by atoms with E-state index in [1.165, 1.54) is 6.07 Å². The molecule has 0 saturated carbocycles. The van der Waals surface area contributed by atoms with Crippen LogP contribution in [0.5, 0.6) is 0 Å². The summed E-state index contributed by atoms with van der Waals surface area (Å²) in [6.45, 7) is 0.